The molecular formula is C36H37F3N6O5. The van der Waals surface area contributed by atoms with Gasteiger partial charge in [-0.2, -0.15) is 19.1 Å². The van der Waals surface area contributed by atoms with E-state index >= 15 is 0 Å². The maximum absolute atomic E-state index is 15.0. The van der Waals surface area contributed by atoms with E-state index in [0.29, 0.717) is 30.8 Å². The van der Waals surface area contributed by atoms with Crippen molar-refractivity contribution in [2.24, 2.45) is 0 Å². The fraction of sp³-hybridized carbons (Fsp3) is 0.306. The fourth-order valence-electron chi connectivity index (χ4n) is 4.99. The molecule has 3 aromatic carbocycles. The Kier molecular flexibility index (Phi) is 11.3. The quantitative estimate of drug-likeness (QED) is 0.234. The number of carbonyl (C=O) groups is 3. The largest absolute Gasteiger partial charge is 0.495 e. The first-order valence-corrected chi connectivity index (χ1v) is 15.5. The van der Waals surface area contributed by atoms with Crippen LogP contribution in [-0.4, -0.2) is 70.9 Å². The van der Waals surface area contributed by atoms with Crippen molar-refractivity contribution in [2.45, 2.75) is 44.8 Å². The van der Waals surface area contributed by atoms with Crippen LogP contribution in [-0.2, 0) is 17.3 Å². The number of aliphatic hydroxyl groups is 1. The molecule has 1 aliphatic rings. The molecule has 11 nitrogen and oxygen atoms in total. The van der Waals surface area contributed by atoms with Crippen LogP contribution in [0.15, 0.2) is 72.9 Å². The SMILES string of the molecule is CN(C)C(=O)CCC(C)(C)O.COc1ccc(C(=O)Nc2cnn3c2C(=O)N(c2ccc(C(F)(F)c4ccc(F)cc4)cc2)CC3)cc1C#N. The second-order valence-corrected chi connectivity index (χ2v) is 12.3. The Morgan fingerprint density at radius 1 is 1.04 bits per heavy atom. The zero-order valence-corrected chi connectivity index (χ0v) is 28.2. The Morgan fingerprint density at radius 3 is 2.22 bits per heavy atom. The van der Waals surface area contributed by atoms with E-state index in [2.05, 4.69) is 10.4 Å². The summed E-state index contributed by atoms with van der Waals surface area (Å²) < 4.78 is 49.6. The van der Waals surface area contributed by atoms with E-state index in [1.54, 1.807) is 27.9 Å². The first-order chi connectivity index (χ1) is 23.5. The molecule has 4 aromatic rings. The van der Waals surface area contributed by atoms with Crippen LogP contribution in [0.1, 0.15) is 64.2 Å². The first-order valence-electron chi connectivity index (χ1n) is 15.5. The van der Waals surface area contributed by atoms with Crippen molar-refractivity contribution >= 4 is 29.1 Å². The number of halogens is 3. The van der Waals surface area contributed by atoms with Gasteiger partial charge in [0.2, 0.25) is 5.91 Å². The summed E-state index contributed by atoms with van der Waals surface area (Å²) in [5, 5.41) is 25.4. The number of nitrogens with zero attached hydrogens (tertiary/aromatic N) is 5. The van der Waals surface area contributed by atoms with Crippen molar-refractivity contribution in [3.63, 3.8) is 0 Å². The van der Waals surface area contributed by atoms with Gasteiger partial charge in [-0.1, -0.05) is 12.1 Å². The predicted molar refractivity (Wildman–Crippen MR) is 180 cm³/mol. The lowest BCUT2D eigenvalue weighted by atomic mass is 10.00. The first kappa shape index (κ1) is 37.1. The molecule has 262 valence electrons. The summed E-state index contributed by atoms with van der Waals surface area (Å²) in [6.07, 6.45) is 2.29. The number of anilines is 2. The molecule has 0 fully saturated rings. The highest BCUT2D eigenvalue weighted by atomic mass is 19.3. The number of hydrogen-bond acceptors (Lipinski definition) is 7. The van der Waals surface area contributed by atoms with Gasteiger partial charge in [0.1, 0.15) is 23.3 Å². The van der Waals surface area contributed by atoms with E-state index in [1.807, 2.05) is 6.07 Å². The Hall–Kier alpha value is -5.68. The molecule has 2 heterocycles. The highest BCUT2D eigenvalue weighted by Gasteiger charge is 2.35. The molecule has 0 saturated heterocycles. The van der Waals surface area contributed by atoms with E-state index in [1.165, 1.54) is 70.3 Å². The Morgan fingerprint density at radius 2 is 1.66 bits per heavy atom. The van der Waals surface area contributed by atoms with Gasteiger partial charge in [-0.25, -0.2) is 4.39 Å². The van der Waals surface area contributed by atoms with Crippen LogP contribution < -0.4 is 15.0 Å². The third-order valence-corrected chi connectivity index (χ3v) is 7.85. The number of benzene rings is 3. The number of aromatic nitrogens is 2. The van der Waals surface area contributed by atoms with Crippen molar-refractivity contribution < 1.29 is 37.4 Å². The molecule has 1 aliphatic heterocycles. The van der Waals surface area contributed by atoms with E-state index in [-0.39, 0.29) is 46.1 Å². The molecule has 0 aliphatic carbocycles. The maximum Gasteiger partial charge on any atom is 0.298 e. The zero-order valence-electron chi connectivity index (χ0n) is 28.2. The van der Waals surface area contributed by atoms with Gasteiger partial charge >= 0.3 is 0 Å². The Balaban J connectivity index is 0.000000442. The average molecular weight is 691 g/mol. The number of fused-ring (bicyclic) bond motifs is 1. The lowest BCUT2D eigenvalue weighted by molar-refractivity contribution is -0.129. The number of rotatable bonds is 9. The molecule has 0 radical (unpaired) electrons. The lowest BCUT2D eigenvalue weighted by Gasteiger charge is -2.28. The van der Waals surface area contributed by atoms with Crippen molar-refractivity contribution in [1.82, 2.24) is 14.7 Å². The number of alkyl halides is 2. The van der Waals surface area contributed by atoms with Gasteiger partial charge in [0.15, 0.2) is 0 Å². The van der Waals surface area contributed by atoms with Crippen LogP contribution >= 0.6 is 0 Å². The van der Waals surface area contributed by atoms with Gasteiger partial charge in [0.25, 0.3) is 17.7 Å². The zero-order chi connectivity index (χ0) is 36.8. The molecular weight excluding hydrogens is 653 g/mol. The second kappa shape index (κ2) is 15.3. The van der Waals surface area contributed by atoms with Gasteiger partial charge in [0, 0.05) is 49.4 Å². The summed E-state index contributed by atoms with van der Waals surface area (Å²) in [5.74, 6) is -4.61. The van der Waals surface area contributed by atoms with Crippen molar-refractivity contribution in [3.8, 4) is 11.8 Å². The summed E-state index contributed by atoms with van der Waals surface area (Å²) in [6.45, 7) is 3.95. The monoisotopic (exact) mass is 690 g/mol. The summed E-state index contributed by atoms with van der Waals surface area (Å²) in [5.41, 5.74) is -0.343. The minimum atomic E-state index is -3.36. The van der Waals surface area contributed by atoms with Gasteiger partial charge < -0.3 is 25.0 Å². The van der Waals surface area contributed by atoms with Gasteiger partial charge in [-0.05, 0) is 74.9 Å². The van der Waals surface area contributed by atoms with Crippen molar-refractivity contribution in [3.05, 3.63) is 107 Å². The minimum Gasteiger partial charge on any atom is -0.495 e. The molecule has 1 aromatic heterocycles. The van der Waals surface area contributed by atoms with Crippen LogP contribution in [0.4, 0.5) is 24.5 Å². The highest BCUT2D eigenvalue weighted by Crippen LogP contribution is 2.37. The fourth-order valence-corrected chi connectivity index (χ4v) is 4.99. The molecule has 0 bridgehead atoms. The summed E-state index contributed by atoms with van der Waals surface area (Å²) in [7, 11) is 4.84. The van der Waals surface area contributed by atoms with Crippen LogP contribution in [0.5, 0.6) is 5.75 Å². The second-order valence-electron chi connectivity index (χ2n) is 12.3. The van der Waals surface area contributed by atoms with Crippen LogP contribution in [0.3, 0.4) is 0 Å². The van der Waals surface area contributed by atoms with Crippen LogP contribution in [0.2, 0.25) is 0 Å². The number of nitriles is 1. The number of ether oxygens (including phenoxy) is 1. The smallest absolute Gasteiger partial charge is 0.298 e. The lowest BCUT2D eigenvalue weighted by Crippen LogP contribution is -2.41. The Labute approximate surface area is 287 Å². The van der Waals surface area contributed by atoms with Crippen LogP contribution in [0.25, 0.3) is 0 Å². The molecule has 5 rings (SSSR count). The molecule has 0 atom stereocenters. The summed E-state index contributed by atoms with van der Waals surface area (Å²) in [4.78, 5) is 40.2. The number of carbonyl (C=O) groups excluding carboxylic acids is 3. The van der Waals surface area contributed by atoms with Crippen molar-refractivity contribution in [2.75, 3.05) is 38.0 Å². The molecule has 0 saturated carbocycles. The molecule has 3 amide bonds. The van der Waals surface area contributed by atoms with E-state index in [4.69, 9.17) is 4.74 Å². The number of hydrogen-bond donors (Lipinski definition) is 2. The standard InChI is InChI=1S/C28H20F3N5O3.C8H17NO2/c1-39-24-11-2-17(14-18(24)15-32)26(37)34-23-16-33-36-13-12-35(27(38)25(23)36)22-9-5-20(6-10-22)28(30,31)19-3-7-21(29)8-4-19;1-8(2,11)6-5-7(10)9(3)4/h2-11,14,16H,12-13H2,1H3,(H,34,37);11H,5-6H2,1-4H3. The normalized spacial score (nSPS) is 12.6. The van der Waals surface area contributed by atoms with Gasteiger partial charge in [0.05, 0.1) is 36.7 Å². The average Bonchev–Trinajstić information content (AvgIpc) is 3.50. The summed E-state index contributed by atoms with van der Waals surface area (Å²) >= 11 is 0. The maximum atomic E-state index is 15.0. The molecule has 2 N–H and O–H groups in total. The van der Waals surface area contributed by atoms with E-state index in [9.17, 15) is 37.9 Å². The minimum absolute atomic E-state index is 0.0622. The number of methoxy groups -OCH3 is 1. The number of nitrogens with one attached hydrogen (secondary N) is 1. The topological polar surface area (TPSA) is 141 Å². The molecule has 14 heteroatoms. The predicted octanol–water partition coefficient (Wildman–Crippen LogP) is 5.58. The van der Waals surface area contributed by atoms with Crippen LogP contribution in [0, 0.1) is 17.1 Å². The van der Waals surface area contributed by atoms with Gasteiger partial charge in [-0.3, -0.25) is 19.1 Å². The molecule has 50 heavy (non-hydrogen) atoms. The highest BCUT2D eigenvalue weighted by molar-refractivity contribution is 6.13. The van der Waals surface area contributed by atoms with Gasteiger partial charge in [-0.15, -0.1) is 0 Å². The van der Waals surface area contributed by atoms with E-state index in [0.717, 1.165) is 24.3 Å². The molecule has 0 unspecified atom stereocenters. The third kappa shape index (κ3) is 8.66. The Bertz CT molecular complexity index is 1900. The third-order valence-electron chi connectivity index (χ3n) is 7.85. The number of amides is 3. The van der Waals surface area contributed by atoms with E-state index < -0.39 is 29.2 Å². The molecule has 0 spiro atoms. The van der Waals surface area contributed by atoms with Crippen molar-refractivity contribution in [1.29, 1.82) is 5.26 Å². The summed E-state index contributed by atoms with van der Waals surface area (Å²) in [6, 6.07) is 15.6.